The maximum Gasteiger partial charge on any atom is 2.00 e. The maximum atomic E-state index is 7.17. The Kier molecular flexibility index (Phi) is 62.3. The minimum Gasteiger partial charge on any atom is -1.00 e. The first-order valence-electron chi connectivity index (χ1n) is 3.10. The molecule has 0 saturated carbocycles. The third-order valence-electron chi connectivity index (χ3n) is 0. The molecule has 14 N–H and O–H groups in total. The molecule has 0 amide bonds. The van der Waals surface area contributed by atoms with E-state index in [0.717, 1.165) is 0 Å². The fraction of sp³-hybridized carbons (Fsp3) is 0. The summed E-state index contributed by atoms with van der Waals surface area (Å²) < 4.78 is 0. The summed E-state index contributed by atoms with van der Waals surface area (Å²) in [5.41, 5.74) is 0. The smallest absolute Gasteiger partial charge is 1.00 e. The van der Waals surface area contributed by atoms with Crippen LogP contribution in [-0.4, -0.2) is 133 Å². The molecule has 18 heteroatoms. The zero-order chi connectivity index (χ0) is 14.3. The standard InChI is InChI=1S/4BH3O3.Ca.H2O.2H/c4*2-1(3)4;;;;/h4*2-4H;;1H2;;/q;;;;+2;;2*-1. The van der Waals surface area contributed by atoms with Crippen molar-refractivity contribution in [1.82, 2.24) is 0 Å². The summed E-state index contributed by atoms with van der Waals surface area (Å²) >= 11 is 0. The van der Waals surface area contributed by atoms with E-state index in [-0.39, 0.29) is 46.1 Å². The van der Waals surface area contributed by atoms with Gasteiger partial charge in [0.15, 0.2) is 0 Å². The van der Waals surface area contributed by atoms with Crippen molar-refractivity contribution in [2.45, 2.75) is 0 Å². The molecule has 0 spiro atoms. The Morgan fingerprint density at radius 1 is 0.389 bits per heavy atom. The molecule has 0 atom stereocenters. The monoisotopic (exact) mass is 308 g/mol. The van der Waals surface area contributed by atoms with E-state index in [4.69, 9.17) is 60.3 Å². The van der Waals surface area contributed by atoms with Gasteiger partial charge >= 0.3 is 67.0 Å². The third-order valence-corrected chi connectivity index (χ3v) is 0. The molecule has 0 rings (SSSR count). The first-order chi connectivity index (χ1) is 6.93. The first-order valence-corrected chi connectivity index (χ1v) is 3.10. The minimum absolute atomic E-state index is 0. The van der Waals surface area contributed by atoms with Crippen LogP contribution in [0, 0.1) is 0 Å². The van der Waals surface area contributed by atoms with Crippen LogP contribution in [0.5, 0.6) is 0 Å². The van der Waals surface area contributed by atoms with Gasteiger partial charge in [0.1, 0.15) is 0 Å². The second kappa shape index (κ2) is 30.8. The molecule has 0 bridgehead atoms. The van der Waals surface area contributed by atoms with E-state index in [9.17, 15) is 0 Å². The molecule has 0 heterocycles. The van der Waals surface area contributed by atoms with Gasteiger partial charge in [-0.25, -0.2) is 0 Å². The van der Waals surface area contributed by atoms with Gasteiger partial charge in [-0.15, -0.1) is 0 Å². The van der Waals surface area contributed by atoms with Crippen LogP contribution in [0.4, 0.5) is 0 Å². The van der Waals surface area contributed by atoms with E-state index in [2.05, 4.69) is 0 Å². The Balaban J connectivity index is -0.0000000150. The van der Waals surface area contributed by atoms with E-state index in [0.29, 0.717) is 0 Å². The Morgan fingerprint density at radius 2 is 0.389 bits per heavy atom. The fourth-order valence-electron chi connectivity index (χ4n) is 0. The van der Waals surface area contributed by atoms with Gasteiger partial charge < -0.3 is 68.6 Å². The quantitative estimate of drug-likeness (QED) is 0.186. The van der Waals surface area contributed by atoms with Crippen LogP contribution >= 0.6 is 0 Å². The largest absolute Gasteiger partial charge is 2.00 e. The van der Waals surface area contributed by atoms with Crippen LogP contribution < -0.4 is 0 Å². The Bertz CT molecular complexity index is 71.4. The zero-order valence-electron chi connectivity index (χ0n) is 10.9. The number of hydrogen-bond acceptors (Lipinski definition) is 12. The first kappa shape index (κ1) is 36.4. The second-order valence-electron chi connectivity index (χ2n) is 1.39. The topological polar surface area (TPSA) is 274 Å². The fourth-order valence-corrected chi connectivity index (χ4v) is 0. The van der Waals surface area contributed by atoms with Gasteiger partial charge in [0.25, 0.3) is 0 Å². The Morgan fingerprint density at radius 3 is 0.389 bits per heavy atom. The average Bonchev–Trinajstić information content (AvgIpc) is 1.76. The summed E-state index contributed by atoms with van der Waals surface area (Å²) in [4.78, 5) is 0. The molecule has 108 valence electrons. The van der Waals surface area contributed by atoms with E-state index < -0.39 is 29.3 Å². The molecule has 0 aromatic carbocycles. The van der Waals surface area contributed by atoms with Crippen molar-refractivity contribution in [3.8, 4) is 0 Å². The van der Waals surface area contributed by atoms with Gasteiger partial charge in [0.2, 0.25) is 0 Å². The van der Waals surface area contributed by atoms with Crippen LogP contribution in [0.25, 0.3) is 0 Å². The molecule has 0 aliphatic carbocycles. The van der Waals surface area contributed by atoms with Crippen LogP contribution in [0.3, 0.4) is 0 Å². The molecule has 18 heavy (non-hydrogen) atoms. The number of hydrogen-bond donors (Lipinski definition) is 12. The molecule has 0 aromatic heterocycles. The molecule has 13 nitrogen and oxygen atoms in total. The third kappa shape index (κ3) is 4360. The van der Waals surface area contributed by atoms with Crippen LogP contribution in [-0.2, 0) is 0 Å². The molecule has 0 aliphatic rings. The predicted octanol–water partition coefficient (Wildman–Crippen LogP) is -9.19. The van der Waals surface area contributed by atoms with Gasteiger partial charge in [-0.3, -0.25) is 0 Å². The van der Waals surface area contributed by atoms with Crippen molar-refractivity contribution in [2.75, 3.05) is 0 Å². The molecule has 0 aliphatic heterocycles. The summed E-state index contributed by atoms with van der Waals surface area (Å²) in [6.07, 6.45) is 0. The van der Waals surface area contributed by atoms with Crippen LogP contribution in [0.15, 0.2) is 0 Å². The van der Waals surface area contributed by atoms with Crippen LogP contribution in [0.2, 0.25) is 0 Å². The van der Waals surface area contributed by atoms with Crippen molar-refractivity contribution in [1.29, 1.82) is 0 Å². The molecule has 0 fully saturated rings. The van der Waals surface area contributed by atoms with E-state index in [1.54, 1.807) is 0 Å². The predicted molar refractivity (Wildman–Crippen MR) is 61.2 cm³/mol. The van der Waals surface area contributed by atoms with E-state index in [1.807, 2.05) is 0 Å². The van der Waals surface area contributed by atoms with Gasteiger partial charge in [-0.05, 0) is 0 Å². The number of rotatable bonds is 0. The normalized spacial score (nSPS) is 6.00. The van der Waals surface area contributed by atoms with Crippen molar-refractivity contribution in [3.63, 3.8) is 0 Å². The van der Waals surface area contributed by atoms with E-state index in [1.165, 1.54) is 0 Å². The molecular weight excluding hydrogens is 291 g/mol. The zero-order valence-corrected chi connectivity index (χ0v) is 11.1. The van der Waals surface area contributed by atoms with Crippen molar-refractivity contribution in [3.05, 3.63) is 0 Å². The van der Waals surface area contributed by atoms with Crippen molar-refractivity contribution >= 4 is 67.0 Å². The summed E-state index contributed by atoms with van der Waals surface area (Å²) in [6.45, 7) is 0. The average molecular weight is 307 g/mol. The van der Waals surface area contributed by atoms with Crippen LogP contribution in [0.1, 0.15) is 2.85 Å². The van der Waals surface area contributed by atoms with E-state index >= 15 is 0 Å². The maximum absolute atomic E-state index is 7.17. The summed E-state index contributed by atoms with van der Waals surface area (Å²) in [6, 6.07) is 0. The Hall–Kier alpha value is 0.999. The minimum atomic E-state index is -2.17. The van der Waals surface area contributed by atoms with Gasteiger partial charge in [0, 0.05) is 0 Å². The molecular formula is H16B4CaO13. The summed E-state index contributed by atoms with van der Waals surface area (Å²) in [5.74, 6) is 0. The summed E-state index contributed by atoms with van der Waals surface area (Å²) in [7, 11) is -8.67. The van der Waals surface area contributed by atoms with Gasteiger partial charge in [0.05, 0.1) is 0 Å². The second-order valence-corrected chi connectivity index (χ2v) is 1.39. The van der Waals surface area contributed by atoms with Gasteiger partial charge in [-0.1, -0.05) is 0 Å². The molecule has 0 saturated heterocycles. The summed E-state index contributed by atoms with van der Waals surface area (Å²) in [5, 5.41) is 86.0. The molecule has 0 radical (unpaired) electrons. The Labute approximate surface area is 135 Å². The van der Waals surface area contributed by atoms with Gasteiger partial charge in [-0.2, -0.15) is 0 Å². The van der Waals surface area contributed by atoms with Crippen molar-refractivity contribution < 1.29 is 68.6 Å². The van der Waals surface area contributed by atoms with Crippen molar-refractivity contribution in [2.24, 2.45) is 0 Å². The molecule has 0 unspecified atom stereocenters. The SMILES string of the molecule is O.OB(O)O.OB(O)O.OB(O)O.OB(O)O.[Ca+2].[H-].[H-]. The molecule has 0 aromatic rings.